The van der Waals surface area contributed by atoms with E-state index < -0.39 is 0 Å². The first-order valence-electron chi connectivity index (χ1n) is 4.67. The first-order chi connectivity index (χ1) is 6.68. The average molecular weight is 191 g/mol. The number of aromatic nitrogens is 1. The molecule has 4 nitrogen and oxygen atoms in total. The van der Waals surface area contributed by atoms with E-state index in [0.717, 1.165) is 12.8 Å². The van der Waals surface area contributed by atoms with E-state index in [1.54, 1.807) is 30.3 Å². The lowest BCUT2D eigenvalue weighted by atomic mass is 10.3. The molecule has 2 N–H and O–H groups in total. The predicted molar refractivity (Wildman–Crippen MR) is 54.8 cm³/mol. The van der Waals surface area contributed by atoms with Gasteiger partial charge >= 0.3 is 0 Å². The topological polar surface area (TPSA) is 59.2 Å². The lowest BCUT2D eigenvalue weighted by Crippen LogP contribution is -2.28. The van der Waals surface area contributed by atoms with Crippen LogP contribution in [0.5, 0.6) is 0 Å². The molecule has 0 saturated heterocycles. The largest absolute Gasteiger partial charge is 0.397 e. The van der Waals surface area contributed by atoms with Gasteiger partial charge in [-0.1, -0.05) is 0 Å². The van der Waals surface area contributed by atoms with Crippen LogP contribution >= 0.6 is 0 Å². The minimum absolute atomic E-state index is 0.155. The van der Waals surface area contributed by atoms with Gasteiger partial charge in [-0.15, -0.1) is 0 Å². The highest BCUT2D eigenvalue weighted by Crippen LogP contribution is 2.31. The van der Waals surface area contributed by atoms with Gasteiger partial charge in [-0.2, -0.15) is 0 Å². The highest BCUT2D eigenvalue weighted by atomic mass is 16.2. The number of nitrogens with two attached hydrogens (primary N) is 1. The fourth-order valence-electron chi connectivity index (χ4n) is 1.31. The van der Waals surface area contributed by atoms with Crippen LogP contribution in [0.2, 0.25) is 0 Å². The summed E-state index contributed by atoms with van der Waals surface area (Å²) >= 11 is 0. The number of amides is 1. The molecule has 0 unspecified atom stereocenters. The van der Waals surface area contributed by atoms with Crippen molar-refractivity contribution in [3.8, 4) is 0 Å². The average Bonchev–Trinajstić information content (AvgIpc) is 3.00. The molecule has 1 aliphatic carbocycles. The summed E-state index contributed by atoms with van der Waals surface area (Å²) in [5.74, 6) is 1.04. The van der Waals surface area contributed by atoms with Crippen molar-refractivity contribution in [2.75, 3.05) is 17.7 Å². The molecule has 1 fully saturated rings. The number of hydrogen-bond donors (Lipinski definition) is 1. The van der Waals surface area contributed by atoms with Gasteiger partial charge in [-0.25, -0.2) is 4.98 Å². The van der Waals surface area contributed by atoms with Crippen molar-refractivity contribution >= 4 is 17.4 Å². The summed E-state index contributed by atoms with van der Waals surface area (Å²) in [6.07, 6.45) is 3.59. The maximum Gasteiger partial charge on any atom is 0.230 e. The Hall–Kier alpha value is -1.58. The van der Waals surface area contributed by atoms with E-state index in [4.69, 9.17) is 5.73 Å². The van der Waals surface area contributed by atoms with Crippen molar-refractivity contribution < 1.29 is 4.79 Å². The van der Waals surface area contributed by atoms with E-state index in [2.05, 4.69) is 4.98 Å². The SMILES string of the molecule is CN(C(=O)C1CC1)c1ccc(N)cn1. The summed E-state index contributed by atoms with van der Waals surface area (Å²) in [7, 11) is 1.75. The number of carbonyl (C=O) groups is 1. The summed E-state index contributed by atoms with van der Waals surface area (Å²) in [4.78, 5) is 17.3. The Labute approximate surface area is 82.7 Å². The van der Waals surface area contributed by atoms with Gasteiger partial charge in [0.2, 0.25) is 5.91 Å². The van der Waals surface area contributed by atoms with Crippen LogP contribution < -0.4 is 10.6 Å². The van der Waals surface area contributed by atoms with Gasteiger partial charge in [0.15, 0.2) is 0 Å². The number of pyridine rings is 1. The molecular formula is C10H13N3O. The monoisotopic (exact) mass is 191 g/mol. The van der Waals surface area contributed by atoms with Gasteiger partial charge in [0.1, 0.15) is 5.82 Å². The molecule has 1 aromatic rings. The van der Waals surface area contributed by atoms with Crippen molar-refractivity contribution in [3.05, 3.63) is 18.3 Å². The Morgan fingerprint density at radius 3 is 2.79 bits per heavy atom. The zero-order chi connectivity index (χ0) is 10.1. The van der Waals surface area contributed by atoms with Crippen molar-refractivity contribution in [2.24, 2.45) is 5.92 Å². The van der Waals surface area contributed by atoms with Crippen LogP contribution in [-0.2, 0) is 4.79 Å². The molecule has 1 amide bonds. The number of nitrogen functional groups attached to an aromatic ring is 1. The molecule has 14 heavy (non-hydrogen) atoms. The molecule has 1 saturated carbocycles. The molecule has 74 valence electrons. The van der Waals surface area contributed by atoms with Crippen molar-refractivity contribution in [2.45, 2.75) is 12.8 Å². The van der Waals surface area contributed by atoms with E-state index in [1.165, 1.54) is 0 Å². The first-order valence-corrected chi connectivity index (χ1v) is 4.67. The molecule has 0 aliphatic heterocycles. The summed E-state index contributed by atoms with van der Waals surface area (Å²) in [6.45, 7) is 0. The molecule has 1 heterocycles. The summed E-state index contributed by atoms with van der Waals surface area (Å²) in [6, 6.07) is 3.51. The minimum atomic E-state index is 0.155. The maximum absolute atomic E-state index is 11.6. The Morgan fingerprint density at radius 1 is 1.57 bits per heavy atom. The molecule has 0 atom stereocenters. The molecule has 0 spiro atoms. The lowest BCUT2D eigenvalue weighted by molar-refractivity contribution is -0.119. The van der Waals surface area contributed by atoms with Crippen LogP contribution in [0.3, 0.4) is 0 Å². The molecule has 1 aromatic heterocycles. The fourth-order valence-corrected chi connectivity index (χ4v) is 1.31. The lowest BCUT2D eigenvalue weighted by Gasteiger charge is -2.15. The second-order valence-corrected chi connectivity index (χ2v) is 3.62. The third-order valence-electron chi connectivity index (χ3n) is 2.37. The van der Waals surface area contributed by atoms with Crippen LogP contribution in [0.1, 0.15) is 12.8 Å². The summed E-state index contributed by atoms with van der Waals surface area (Å²) in [5.41, 5.74) is 6.12. The Balaban J connectivity index is 2.13. The molecule has 4 heteroatoms. The number of nitrogens with zero attached hydrogens (tertiary/aromatic N) is 2. The zero-order valence-electron chi connectivity index (χ0n) is 8.10. The first kappa shape index (κ1) is 8.99. The number of hydrogen-bond acceptors (Lipinski definition) is 3. The fraction of sp³-hybridized carbons (Fsp3) is 0.400. The number of anilines is 2. The minimum Gasteiger partial charge on any atom is -0.397 e. The second kappa shape index (κ2) is 3.29. The van der Waals surface area contributed by atoms with Crippen molar-refractivity contribution in [1.29, 1.82) is 0 Å². The van der Waals surface area contributed by atoms with E-state index in [-0.39, 0.29) is 11.8 Å². The molecule has 0 aromatic carbocycles. The van der Waals surface area contributed by atoms with Crippen LogP contribution in [0.4, 0.5) is 11.5 Å². The van der Waals surface area contributed by atoms with E-state index in [0.29, 0.717) is 11.5 Å². The van der Waals surface area contributed by atoms with Gasteiger partial charge in [-0.05, 0) is 25.0 Å². The molecule has 0 bridgehead atoms. The van der Waals surface area contributed by atoms with E-state index >= 15 is 0 Å². The second-order valence-electron chi connectivity index (χ2n) is 3.62. The Bertz CT molecular complexity index is 343. The van der Waals surface area contributed by atoms with Gasteiger partial charge < -0.3 is 5.73 Å². The van der Waals surface area contributed by atoms with Gasteiger partial charge in [0, 0.05) is 13.0 Å². The highest BCUT2D eigenvalue weighted by molar-refractivity contribution is 5.95. The van der Waals surface area contributed by atoms with Gasteiger partial charge in [0.05, 0.1) is 11.9 Å². The van der Waals surface area contributed by atoms with Crippen molar-refractivity contribution in [1.82, 2.24) is 4.98 Å². The van der Waals surface area contributed by atoms with E-state index in [9.17, 15) is 4.79 Å². The third kappa shape index (κ3) is 1.69. The molecule has 0 radical (unpaired) electrons. The maximum atomic E-state index is 11.6. The predicted octanol–water partition coefficient (Wildman–Crippen LogP) is 1.04. The third-order valence-corrected chi connectivity index (χ3v) is 2.37. The van der Waals surface area contributed by atoms with Gasteiger partial charge in [0.25, 0.3) is 0 Å². The van der Waals surface area contributed by atoms with Crippen LogP contribution in [0.15, 0.2) is 18.3 Å². The summed E-state index contributed by atoms with van der Waals surface area (Å²) in [5, 5.41) is 0. The molecule has 2 rings (SSSR count). The number of rotatable bonds is 2. The highest BCUT2D eigenvalue weighted by Gasteiger charge is 2.32. The normalized spacial score (nSPS) is 15.2. The standard InChI is InChI=1S/C10H13N3O/c1-13(10(14)7-2-3-7)9-5-4-8(11)6-12-9/h4-7H,2-3,11H2,1H3. The smallest absolute Gasteiger partial charge is 0.230 e. The zero-order valence-corrected chi connectivity index (χ0v) is 8.10. The van der Waals surface area contributed by atoms with Gasteiger partial charge in [-0.3, -0.25) is 9.69 Å². The van der Waals surface area contributed by atoms with Crippen molar-refractivity contribution in [3.63, 3.8) is 0 Å². The molecule has 1 aliphatic rings. The Kier molecular flexibility index (Phi) is 2.11. The summed E-state index contributed by atoms with van der Waals surface area (Å²) < 4.78 is 0. The van der Waals surface area contributed by atoms with Crippen LogP contribution in [-0.4, -0.2) is 17.9 Å². The quantitative estimate of drug-likeness (QED) is 0.759. The number of carbonyl (C=O) groups excluding carboxylic acids is 1. The molecular weight excluding hydrogens is 178 g/mol. The Morgan fingerprint density at radius 2 is 2.29 bits per heavy atom. The van der Waals surface area contributed by atoms with E-state index in [1.807, 2.05) is 0 Å². The van der Waals surface area contributed by atoms with Crippen LogP contribution in [0.25, 0.3) is 0 Å². The van der Waals surface area contributed by atoms with Crippen LogP contribution in [0, 0.1) is 5.92 Å².